The number of methoxy groups -OCH3 is 4. The molecule has 1 saturated heterocycles. The number of benzene rings is 3. The lowest BCUT2D eigenvalue weighted by molar-refractivity contribution is -0.228. The van der Waals surface area contributed by atoms with Crippen molar-refractivity contribution in [3.05, 3.63) is 101 Å². The van der Waals surface area contributed by atoms with Crippen LogP contribution in [0.2, 0.25) is 0 Å². The number of ether oxygens (including phenoxy) is 5. The van der Waals surface area contributed by atoms with Crippen molar-refractivity contribution in [2.75, 3.05) is 71.9 Å². The molecule has 3 N–H and O–H groups in total. The Morgan fingerprint density at radius 3 is 2.35 bits per heavy atom. The predicted molar refractivity (Wildman–Crippen MR) is 250 cm³/mol. The average molecular weight is 900 g/mol. The van der Waals surface area contributed by atoms with E-state index in [0.29, 0.717) is 50.2 Å². The first kappa shape index (κ1) is 44.0. The van der Waals surface area contributed by atoms with E-state index in [-0.39, 0.29) is 12.0 Å². The number of esters is 3. The van der Waals surface area contributed by atoms with Crippen molar-refractivity contribution >= 4 is 45.9 Å². The van der Waals surface area contributed by atoms with Gasteiger partial charge < -0.3 is 44.0 Å². The van der Waals surface area contributed by atoms with Gasteiger partial charge >= 0.3 is 17.9 Å². The summed E-state index contributed by atoms with van der Waals surface area (Å²) in [7, 11) is 7.86. The maximum atomic E-state index is 15.5. The van der Waals surface area contributed by atoms with Gasteiger partial charge in [-0.2, -0.15) is 0 Å². The Hall–Kier alpha value is -5.83. The molecule has 348 valence electrons. The second-order valence-corrected chi connectivity index (χ2v) is 19.2. The molecule has 1 aromatic heterocycles. The molecular formula is C52H61N5O9. The van der Waals surface area contributed by atoms with Gasteiger partial charge in [0.2, 0.25) is 5.60 Å². The molecule has 0 radical (unpaired) electrons. The van der Waals surface area contributed by atoms with Crippen molar-refractivity contribution in [1.29, 1.82) is 0 Å². The fraction of sp³-hybridized carbons (Fsp3) is 0.481. The van der Waals surface area contributed by atoms with Crippen LogP contribution in [0.25, 0.3) is 10.9 Å². The number of likely N-dealkylation sites (N-methyl/N-ethyl adjacent to an activating group) is 1. The van der Waals surface area contributed by atoms with Gasteiger partial charge in [-0.1, -0.05) is 37.6 Å². The number of anilines is 3. The van der Waals surface area contributed by atoms with E-state index in [2.05, 4.69) is 63.5 Å². The van der Waals surface area contributed by atoms with Gasteiger partial charge in [0.05, 0.1) is 34.5 Å². The van der Waals surface area contributed by atoms with Crippen molar-refractivity contribution in [2.45, 2.75) is 87.6 Å². The number of H-pyrrole nitrogens is 1. The molecule has 66 heavy (non-hydrogen) atoms. The van der Waals surface area contributed by atoms with Gasteiger partial charge in [-0.3, -0.25) is 19.4 Å². The third kappa shape index (κ3) is 5.99. The number of carbonyl (C=O) groups excluding carboxylic acids is 3. The van der Waals surface area contributed by atoms with E-state index in [4.69, 9.17) is 23.7 Å². The lowest BCUT2D eigenvalue weighted by atomic mass is 9.47. The highest BCUT2D eigenvalue weighted by molar-refractivity contribution is 5.96. The first-order valence-corrected chi connectivity index (χ1v) is 23.2. The van der Waals surface area contributed by atoms with E-state index in [1.54, 1.807) is 14.2 Å². The van der Waals surface area contributed by atoms with Crippen molar-refractivity contribution < 1.29 is 43.2 Å². The van der Waals surface area contributed by atoms with Gasteiger partial charge in [0.1, 0.15) is 16.9 Å². The van der Waals surface area contributed by atoms with Crippen LogP contribution in [0.3, 0.4) is 0 Å². The third-order valence-corrected chi connectivity index (χ3v) is 16.2. The normalized spacial score (nSPS) is 31.6. The second kappa shape index (κ2) is 15.9. The Morgan fingerprint density at radius 1 is 0.909 bits per heavy atom. The summed E-state index contributed by atoms with van der Waals surface area (Å²) in [5, 5.41) is 18.0. The Balaban J connectivity index is 1.24. The molecule has 14 nitrogen and oxygen atoms in total. The Morgan fingerprint density at radius 2 is 1.67 bits per heavy atom. The van der Waals surface area contributed by atoms with Crippen LogP contribution in [0.5, 0.6) is 11.5 Å². The van der Waals surface area contributed by atoms with E-state index >= 15 is 4.79 Å². The fourth-order valence-electron chi connectivity index (χ4n) is 13.8. The second-order valence-electron chi connectivity index (χ2n) is 19.2. The molecule has 10 rings (SSSR count). The Kier molecular flexibility index (Phi) is 10.6. The number of fused-ring (bicyclic) bond motifs is 6. The SMILES string of the molecule is CCC1=C[C@H]2CN(C1)Cc1c([nH]c3ccc(Nc4ccc(OC)cc4)cc13)[C@@](C(=O)OC)(c1cc3c(cc1OC)N(C)[C@H]1[C@@](O)(C(=O)OC)[C@H](OC(C)=O)[C@]4(CC)C=CCN5CC[C@]31[C@@H]54)C2. The van der Waals surface area contributed by atoms with Crippen molar-refractivity contribution in [1.82, 2.24) is 14.8 Å². The van der Waals surface area contributed by atoms with Crippen LogP contribution in [-0.2, 0) is 46.0 Å². The Labute approximate surface area is 385 Å². The van der Waals surface area contributed by atoms with Gasteiger partial charge in [-0.05, 0) is 97.8 Å². The van der Waals surface area contributed by atoms with E-state index in [1.165, 1.54) is 26.7 Å². The molecule has 2 bridgehead atoms. The van der Waals surface area contributed by atoms with E-state index in [1.807, 2.05) is 55.3 Å². The van der Waals surface area contributed by atoms with Gasteiger partial charge in [-0.25, -0.2) is 4.79 Å². The van der Waals surface area contributed by atoms with Crippen LogP contribution >= 0.6 is 0 Å². The number of aromatic nitrogens is 1. The smallest absolute Gasteiger partial charge is 0.344 e. The summed E-state index contributed by atoms with van der Waals surface area (Å²) < 4.78 is 29.6. The van der Waals surface area contributed by atoms with Crippen molar-refractivity contribution in [3.8, 4) is 11.5 Å². The largest absolute Gasteiger partial charge is 0.497 e. The maximum absolute atomic E-state index is 15.5. The molecule has 1 saturated carbocycles. The van der Waals surface area contributed by atoms with Crippen LogP contribution in [0, 0.1) is 11.3 Å². The topological polar surface area (TPSA) is 155 Å². The maximum Gasteiger partial charge on any atom is 0.344 e. The van der Waals surface area contributed by atoms with E-state index < -0.39 is 51.9 Å². The number of aliphatic hydroxyl groups is 1. The van der Waals surface area contributed by atoms with E-state index in [0.717, 1.165) is 70.0 Å². The molecule has 6 heterocycles. The molecular weight excluding hydrogens is 839 g/mol. The van der Waals surface area contributed by atoms with Crippen LogP contribution in [-0.4, -0.2) is 123 Å². The van der Waals surface area contributed by atoms with Crippen LogP contribution in [0.15, 0.2) is 78.4 Å². The number of rotatable bonds is 10. The molecule has 6 aliphatic rings. The highest BCUT2D eigenvalue weighted by atomic mass is 16.6. The molecule has 4 aromatic rings. The summed E-state index contributed by atoms with van der Waals surface area (Å²) in [6.45, 7) is 8.99. The predicted octanol–water partition coefficient (Wildman–Crippen LogP) is 6.51. The number of hydrogen-bond acceptors (Lipinski definition) is 13. The summed E-state index contributed by atoms with van der Waals surface area (Å²) in [6.07, 6.45) is 7.52. The minimum Gasteiger partial charge on any atom is -0.497 e. The summed E-state index contributed by atoms with van der Waals surface area (Å²) in [4.78, 5) is 53.8. The van der Waals surface area contributed by atoms with Gasteiger partial charge in [0.15, 0.2) is 6.10 Å². The summed E-state index contributed by atoms with van der Waals surface area (Å²) >= 11 is 0. The molecule has 9 atom stereocenters. The quantitative estimate of drug-likeness (QED) is 0.0902. The van der Waals surface area contributed by atoms with Gasteiger partial charge in [0, 0.05) is 102 Å². The summed E-state index contributed by atoms with van der Waals surface area (Å²) in [5.74, 6) is -0.671. The molecule has 1 unspecified atom stereocenters. The van der Waals surface area contributed by atoms with Crippen molar-refractivity contribution in [2.24, 2.45) is 11.3 Å². The summed E-state index contributed by atoms with van der Waals surface area (Å²) in [5.41, 5.74) is 2.41. The average Bonchev–Trinajstić information content (AvgIpc) is 3.97. The minimum atomic E-state index is -2.30. The molecule has 3 aromatic carbocycles. The number of nitrogens with zero attached hydrogens (tertiary/aromatic N) is 3. The number of hydrogen-bond donors (Lipinski definition) is 3. The van der Waals surface area contributed by atoms with Crippen molar-refractivity contribution in [3.63, 3.8) is 0 Å². The molecule has 5 aliphatic heterocycles. The molecule has 0 amide bonds. The zero-order valence-electron chi connectivity index (χ0n) is 39.2. The zero-order chi connectivity index (χ0) is 46.5. The third-order valence-electron chi connectivity index (χ3n) is 16.2. The molecule has 1 aliphatic carbocycles. The Bertz CT molecular complexity index is 2690. The van der Waals surface area contributed by atoms with E-state index in [9.17, 15) is 14.7 Å². The highest BCUT2D eigenvalue weighted by Gasteiger charge is 2.80. The summed E-state index contributed by atoms with van der Waals surface area (Å²) in [6, 6.07) is 16.9. The first-order valence-electron chi connectivity index (χ1n) is 23.2. The minimum absolute atomic E-state index is 0.0204. The van der Waals surface area contributed by atoms with Crippen LogP contribution in [0.4, 0.5) is 17.1 Å². The monoisotopic (exact) mass is 899 g/mol. The number of nitrogens with one attached hydrogen (secondary N) is 2. The zero-order valence-corrected chi connectivity index (χ0v) is 39.2. The number of aromatic amines is 1. The molecule has 1 spiro atoms. The molecule has 14 heteroatoms. The standard InChI is InChI=1S/C52H61N5O9/c1-9-31-22-32-26-51(47(59)64-7,43-37(29-56(27-31)28-32)36-23-34(14-17-40(36)54-43)53-33-12-15-35(62-5)16-13-33)39-24-38-41(25-42(39)63-6)55(4)45-50(38)19-21-57-20-11-18-49(10-2,44(50)57)46(66-30(3)58)52(45,61)48(60)65-8/h11-18,22-25,32,44-46,53-54,61H,9-10,19-21,26-29H2,1-8H3/t32-,44+,45-,46-,49-,50-,51+,52+/m1/s1. The lowest BCUT2D eigenvalue weighted by Crippen LogP contribution is -2.81. The van der Waals surface area contributed by atoms with Gasteiger partial charge in [-0.15, -0.1) is 0 Å². The van der Waals surface area contributed by atoms with Gasteiger partial charge in [0.25, 0.3) is 0 Å². The first-order chi connectivity index (χ1) is 31.8. The number of carbonyl (C=O) groups is 3. The lowest BCUT2D eigenvalue weighted by Gasteiger charge is -2.63. The van der Waals surface area contributed by atoms with Crippen LogP contribution in [0.1, 0.15) is 68.8 Å². The fourth-order valence-corrected chi connectivity index (χ4v) is 13.8. The highest BCUT2D eigenvalue weighted by Crippen LogP contribution is 2.68. The van der Waals surface area contributed by atoms with Crippen LogP contribution < -0.4 is 19.7 Å². The molecule has 2 fully saturated rings.